The number of quaternary nitrogens is 1. The molecular formula is C18H19ClN3O4+. The van der Waals surface area contributed by atoms with E-state index in [1.165, 1.54) is 0 Å². The van der Waals surface area contributed by atoms with Crippen molar-refractivity contribution in [1.82, 2.24) is 5.32 Å². The first-order chi connectivity index (χ1) is 12.6. The Hall–Kier alpha value is -2.77. The Morgan fingerprint density at radius 3 is 2.54 bits per heavy atom. The molecule has 0 bridgehead atoms. The Morgan fingerprint density at radius 2 is 1.77 bits per heavy atom. The highest BCUT2D eigenvalue weighted by Gasteiger charge is 2.14. The van der Waals surface area contributed by atoms with Gasteiger partial charge in [-0.25, -0.2) is 4.79 Å². The molecule has 4 N–H and O–H groups in total. The van der Waals surface area contributed by atoms with Crippen molar-refractivity contribution in [2.45, 2.75) is 6.54 Å². The summed E-state index contributed by atoms with van der Waals surface area (Å²) in [5.74, 6) is 0.820. The van der Waals surface area contributed by atoms with E-state index >= 15 is 0 Å². The summed E-state index contributed by atoms with van der Waals surface area (Å²) < 4.78 is 10.9. The highest BCUT2D eigenvalue weighted by molar-refractivity contribution is 6.30. The molecule has 1 aliphatic heterocycles. The lowest BCUT2D eigenvalue weighted by atomic mass is 10.2. The smallest absolute Gasteiger partial charge is 0.326 e. The number of carbonyl (C=O) groups is 2. The van der Waals surface area contributed by atoms with Crippen LogP contribution in [0.15, 0.2) is 42.5 Å². The summed E-state index contributed by atoms with van der Waals surface area (Å²) in [5, 5.41) is 7.36. The Morgan fingerprint density at radius 1 is 1.04 bits per heavy atom. The molecule has 3 amide bonds. The second kappa shape index (κ2) is 8.55. The molecule has 0 saturated heterocycles. The molecular weight excluding hydrogens is 358 g/mol. The molecule has 7 nitrogen and oxygen atoms in total. The van der Waals surface area contributed by atoms with E-state index in [0.717, 1.165) is 5.56 Å². The van der Waals surface area contributed by atoms with E-state index in [4.69, 9.17) is 21.1 Å². The molecule has 0 radical (unpaired) electrons. The molecule has 26 heavy (non-hydrogen) atoms. The number of carbonyl (C=O) groups excluding carboxylic acids is 2. The fraction of sp³-hybridized carbons (Fsp3) is 0.222. The van der Waals surface area contributed by atoms with Crippen LogP contribution in [0.5, 0.6) is 11.5 Å². The quantitative estimate of drug-likeness (QED) is 0.737. The molecule has 1 aliphatic rings. The third kappa shape index (κ3) is 5.11. The van der Waals surface area contributed by atoms with E-state index in [-0.39, 0.29) is 12.5 Å². The van der Waals surface area contributed by atoms with E-state index in [2.05, 4.69) is 10.6 Å². The van der Waals surface area contributed by atoms with Gasteiger partial charge in [-0.1, -0.05) is 23.7 Å². The molecule has 136 valence electrons. The number of nitrogens with one attached hydrogen (secondary N) is 2. The van der Waals surface area contributed by atoms with Crippen LogP contribution in [-0.4, -0.2) is 31.7 Å². The number of amides is 3. The second-order valence-corrected chi connectivity index (χ2v) is 6.12. The summed E-state index contributed by atoms with van der Waals surface area (Å²) in [6.07, 6.45) is 0. The molecule has 2 aromatic rings. The molecule has 1 heterocycles. The van der Waals surface area contributed by atoms with Crippen molar-refractivity contribution in [3.63, 3.8) is 0 Å². The van der Waals surface area contributed by atoms with Crippen molar-refractivity contribution in [2.24, 2.45) is 0 Å². The van der Waals surface area contributed by atoms with Crippen LogP contribution in [0.4, 0.5) is 10.5 Å². The highest BCUT2D eigenvalue weighted by Crippen LogP contribution is 2.32. The lowest BCUT2D eigenvalue weighted by Gasteiger charge is -2.18. The van der Waals surface area contributed by atoms with Crippen LogP contribution in [0.2, 0.25) is 5.02 Å². The molecule has 0 fully saturated rings. The number of imide groups is 1. The molecule has 0 spiro atoms. The average Bonchev–Trinajstić information content (AvgIpc) is 2.63. The zero-order chi connectivity index (χ0) is 18.4. The minimum Gasteiger partial charge on any atom is -0.486 e. The third-order valence-electron chi connectivity index (χ3n) is 3.68. The van der Waals surface area contributed by atoms with Crippen LogP contribution in [-0.2, 0) is 11.3 Å². The van der Waals surface area contributed by atoms with E-state index < -0.39 is 6.03 Å². The number of ether oxygens (including phenoxy) is 2. The number of urea groups is 1. The SMILES string of the molecule is O=C(C[NH2+]Cc1ccc(Cl)cc1)NC(=O)Nc1ccc2c(c1)OCCO2. The van der Waals surface area contributed by atoms with E-state index in [1.807, 2.05) is 12.1 Å². The molecule has 0 aliphatic carbocycles. The van der Waals surface area contributed by atoms with Crippen LogP contribution < -0.4 is 25.4 Å². The van der Waals surface area contributed by atoms with Gasteiger partial charge in [0, 0.05) is 22.3 Å². The first kappa shape index (κ1) is 18.0. The van der Waals surface area contributed by atoms with Crippen LogP contribution in [0, 0.1) is 0 Å². The number of halogens is 1. The van der Waals surface area contributed by atoms with Gasteiger partial charge in [0.15, 0.2) is 18.0 Å². The van der Waals surface area contributed by atoms with Gasteiger partial charge in [-0.05, 0) is 24.3 Å². The Labute approximate surface area is 155 Å². The van der Waals surface area contributed by atoms with Crippen molar-refractivity contribution in [3.05, 3.63) is 53.1 Å². The van der Waals surface area contributed by atoms with Crippen LogP contribution >= 0.6 is 11.6 Å². The summed E-state index contributed by atoms with van der Waals surface area (Å²) in [6, 6.07) is 11.8. The van der Waals surface area contributed by atoms with Gasteiger partial charge in [0.05, 0.1) is 0 Å². The highest BCUT2D eigenvalue weighted by atomic mass is 35.5. The Kier molecular flexibility index (Phi) is 5.93. The largest absolute Gasteiger partial charge is 0.486 e. The number of nitrogens with two attached hydrogens (primary N) is 1. The topological polar surface area (TPSA) is 93.3 Å². The number of hydrogen-bond acceptors (Lipinski definition) is 4. The van der Waals surface area contributed by atoms with Gasteiger partial charge in [0.1, 0.15) is 19.8 Å². The van der Waals surface area contributed by atoms with Gasteiger partial charge < -0.3 is 20.1 Å². The molecule has 3 rings (SSSR count). The first-order valence-corrected chi connectivity index (χ1v) is 8.54. The van der Waals surface area contributed by atoms with Crippen LogP contribution in [0.1, 0.15) is 5.56 Å². The molecule has 2 aromatic carbocycles. The minimum atomic E-state index is -0.591. The maximum Gasteiger partial charge on any atom is 0.326 e. The maximum atomic E-state index is 11.9. The van der Waals surface area contributed by atoms with E-state index in [9.17, 15) is 9.59 Å². The fourth-order valence-corrected chi connectivity index (χ4v) is 2.58. The predicted molar refractivity (Wildman–Crippen MR) is 96.5 cm³/mol. The van der Waals surface area contributed by atoms with Crippen molar-refractivity contribution in [2.75, 3.05) is 25.1 Å². The molecule has 8 heteroatoms. The van der Waals surface area contributed by atoms with Gasteiger partial charge in [-0.3, -0.25) is 10.1 Å². The predicted octanol–water partition coefficient (Wildman–Crippen LogP) is 1.52. The third-order valence-corrected chi connectivity index (χ3v) is 3.93. The zero-order valence-corrected chi connectivity index (χ0v) is 14.7. The van der Waals surface area contributed by atoms with Crippen molar-refractivity contribution >= 4 is 29.2 Å². The van der Waals surface area contributed by atoms with Gasteiger partial charge in [0.2, 0.25) is 0 Å². The van der Waals surface area contributed by atoms with E-state index in [0.29, 0.717) is 42.0 Å². The number of anilines is 1. The minimum absolute atomic E-state index is 0.136. The fourth-order valence-electron chi connectivity index (χ4n) is 2.45. The van der Waals surface area contributed by atoms with Crippen molar-refractivity contribution in [1.29, 1.82) is 0 Å². The summed E-state index contributed by atoms with van der Waals surface area (Å²) in [6.45, 7) is 1.72. The molecule has 0 aromatic heterocycles. The van der Waals surface area contributed by atoms with Gasteiger partial charge in [0.25, 0.3) is 5.91 Å². The van der Waals surface area contributed by atoms with Gasteiger partial charge in [-0.2, -0.15) is 0 Å². The Bertz CT molecular complexity index is 796. The zero-order valence-electron chi connectivity index (χ0n) is 14.0. The second-order valence-electron chi connectivity index (χ2n) is 5.68. The molecule has 0 unspecified atom stereocenters. The van der Waals surface area contributed by atoms with Gasteiger partial charge >= 0.3 is 6.03 Å². The van der Waals surface area contributed by atoms with Crippen molar-refractivity contribution in [3.8, 4) is 11.5 Å². The number of rotatable bonds is 5. The maximum absolute atomic E-state index is 11.9. The summed E-state index contributed by atoms with van der Waals surface area (Å²) in [5.41, 5.74) is 1.56. The molecule has 0 atom stereocenters. The monoisotopic (exact) mass is 376 g/mol. The first-order valence-electron chi connectivity index (χ1n) is 8.17. The summed E-state index contributed by atoms with van der Waals surface area (Å²) >= 11 is 5.83. The average molecular weight is 377 g/mol. The standard InChI is InChI=1S/C18H18ClN3O4/c19-13-3-1-12(2-4-13)10-20-11-17(23)22-18(24)21-14-5-6-15-16(9-14)26-8-7-25-15/h1-6,9,20H,7-8,10-11H2,(H2,21,22,23,24)/p+1. The van der Waals surface area contributed by atoms with Crippen LogP contribution in [0.3, 0.4) is 0 Å². The lowest BCUT2D eigenvalue weighted by molar-refractivity contribution is -0.660. The van der Waals surface area contributed by atoms with E-state index in [1.54, 1.807) is 35.6 Å². The summed E-state index contributed by atoms with van der Waals surface area (Å²) in [7, 11) is 0. The number of benzene rings is 2. The number of fused-ring (bicyclic) bond motifs is 1. The van der Waals surface area contributed by atoms with Gasteiger partial charge in [-0.15, -0.1) is 0 Å². The normalized spacial score (nSPS) is 12.3. The Balaban J connectivity index is 1.42. The lowest BCUT2D eigenvalue weighted by Crippen LogP contribution is -2.85. The van der Waals surface area contributed by atoms with Crippen LogP contribution in [0.25, 0.3) is 0 Å². The molecule has 0 saturated carbocycles. The van der Waals surface area contributed by atoms with Crippen molar-refractivity contribution < 1.29 is 24.4 Å². The summed E-state index contributed by atoms with van der Waals surface area (Å²) in [4.78, 5) is 23.8. The number of hydrogen-bond donors (Lipinski definition) is 3.